The van der Waals surface area contributed by atoms with E-state index < -0.39 is 0 Å². The lowest BCUT2D eigenvalue weighted by molar-refractivity contribution is 0.167. The highest BCUT2D eigenvalue weighted by molar-refractivity contribution is 5.28. The first kappa shape index (κ1) is 13.7. The van der Waals surface area contributed by atoms with E-state index in [4.69, 9.17) is 10.6 Å². The molecular formula is C12H18N8O. The number of hydrazine groups is 1. The Morgan fingerprint density at radius 1 is 1.14 bits per heavy atom. The molecule has 9 heteroatoms. The van der Waals surface area contributed by atoms with Crippen LogP contribution in [-0.4, -0.2) is 35.8 Å². The first-order chi connectivity index (χ1) is 10.3. The van der Waals surface area contributed by atoms with E-state index in [0.717, 1.165) is 12.8 Å². The molecule has 2 heterocycles. The Kier molecular flexibility index (Phi) is 4.20. The molecule has 0 bridgehead atoms. The molecule has 3 rings (SSSR count). The number of hydrogen-bond donors (Lipinski definition) is 2. The predicted molar refractivity (Wildman–Crippen MR) is 74.7 cm³/mol. The number of nitrogens with zero attached hydrogens (tertiary/aromatic N) is 6. The summed E-state index contributed by atoms with van der Waals surface area (Å²) in [7, 11) is 0. The minimum atomic E-state index is 0.143. The first-order valence-electron chi connectivity index (χ1n) is 7.09. The van der Waals surface area contributed by atoms with Crippen LogP contribution < -0.4 is 16.0 Å². The zero-order valence-corrected chi connectivity index (χ0v) is 11.6. The second kappa shape index (κ2) is 6.44. The topological polar surface area (TPSA) is 117 Å². The highest BCUT2D eigenvalue weighted by atomic mass is 16.5. The van der Waals surface area contributed by atoms with Crippen molar-refractivity contribution in [2.45, 2.75) is 44.6 Å². The number of hydrogen-bond acceptors (Lipinski definition) is 8. The van der Waals surface area contributed by atoms with E-state index in [1.165, 1.54) is 43.0 Å². The van der Waals surface area contributed by atoms with Crippen LogP contribution in [0.2, 0.25) is 0 Å². The van der Waals surface area contributed by atoms with Gasteiger partial charge in [0.05, 0.1) is 0 Å². The molecule has 0 atom stereocenters. The normalized spacial score (nSPS) is 16.4. The Hall–Kier alpha value is -2.29. The Morgan fingerprint density at radius 3 is 2.62 bits per heavy atom. The van der Waals surface area contributed by atoms with Crippen LogP contribution in [0.1, 0.15) is 38.5 Å². The van der Waals surface area contributed by atoms with Crippen molar-refractivity contribution in [2.75, 3.05) is 5.43 Å². The number of anilines is 1. The van der Waals surface area contributed by atoms with Crippen LogP contribution in [0.4, 0.5) is 5.95 Å². The second-order valence-corrected chi connectivity index (χ2v) is 4.96. The molecule has 2 aromatic rings. The highest BCUT2D eigenvalue weighted by Gasteiger charge is 2.17. The fourth-order valence-corrected chi connectivity index (χ4v) is 2.39. The fourth-order valence-electron chi connectivity index (χ4n) is 2.39. The van der Waals surface area contributed by atoms with E-state index in [1.54, 1.807) is 0 Å². The Morgan fingerprint density at radius 2 is 1.95 bits per heavy atom. The molecule has 0 radical (unpaired) electrons. The molecule has 0 saturated heterocycles. The maximum Gasteiger partial charge on any atom is 0.323 e. The summed E-state index contributed by atoms with van der Waals surface area (Å²) in [5, 5.41) is 3.99. The van der Waals surface area contributed by atoms with Gasteiger partial charge in [-0.3, -0.25) is 5.43 Å². The van der Waals surface area contributed by atoms with Crippen molar-refractivity contribution < 1.29 is 4.74 Å². The monoisotopic (exact) mass is 290 g/mol. The van der Waals surface area contributed by atoms with E-state index in [2.05, 4.69) is 30.5 Å². The summed E-state index contributed by atoms with van der Waals surface area (Å²) in [5.41, 5.74) is 2.42. The number of ether oxygens (including phenoxy) is 1. The van der Waals surface area contributed by atoms with Gasteiger partial charge in [0.25, 0.3) is 5.95 Å². The molecule has 0 unspecified atom stereocenters. The average Bonchev–Trinajstić information content (AvgIpc) is 2.93. The quantitative estimate of drug-likeness (QED) is 0.483. The van der Waals surface area contributed by atoms with Gasteiger partial charge in [-0.1, -0.05) is 12.8 Å². The molecule has 112 valence electrons. The van der Waals surface area contributed by atoms with Gasteiger partial charge in [0.1, 0.15) is 18.8 Å². The molecule has 0 amide bonds. The maximum atomic E-state index is 5.90. The molecular weight excluding hydrogens is 272 g/mol. The third-order valence-electron chi connectivity index (χ3n) is 3.43. The van der Waals surface area contributed by atoms with Crippen LogP contribution in [0.25, 0.3) is 5.95 Å². The summed E-state index contributed by atoms with van der Waals surface area (Å²) in [5.74, 6) is 5.95. The Bertz CT molecular complexity index is 565. The van der Waals surface area contributed by atoms with Crippen molar-refractivity contribution in [2.24, 2.45) is 5.84 Å². The van der Waals surface area contributed by atoms with Gasteiger partial charge >= 0.3 is 6.01 Å². The number of nitrogens with one attached hydrogen (secondary N) is 1. The summed E-state index contributed by atoms with van der Waals surface area (Å²) >= 11 is 0. The minimum Gasteiger partial charge on any atom is -0.460 e. The smallest absolute Gasteiger partial charge is 0.323 e. The van der Waals surface area contributed by atoms with E-state index in [0.29, 0.717) is 5.95 Å². The summed E-state index contributed by atoms with van der Waals surface area (Å²) < 4.78 is 7.33. The van der Waals surface area contributed by atoms with Crippen LogP contribution in [-0.2, 0) is 0 Å². The molecule has 2 aromatic heterocycles. The molecule has 9 nitrogen and oxygen atoms in total. The van der Waals surface area contributed by atoms with E-state index in [-0.39, 0.29) is 18.1 Å². The van der Waals surface area contributed by atoms with E-state index in [9.17, 15) is 0 Å². The van der Waals surface area contributed by atoms with E-state index in [1.807, 2.05) is 0 Å². The lowest BCUT2D eigenvalue weighted by Crippen LogP contribution is -2.20. The standard InChI is InChI=1S/C12H18N8O/c13-19-10-16-11(20-8-14-7-15-20)18-12(17-10)21-9-5-3-1-2-4-6-9/h7-9H,1-6,13H2,(H,16,17,18,19). The Balaban J connectivity index is 1.82. The number of nitrogens with two attached hydrogens (primary N) is 1. The molecule has 1 saturated carbocycles. The molecule has 0 aromatic carbocycles. The van der Waals surface area contributed by atoms with Crippen LogP contribution in [0, 0.1) is 0 Å². The number of nitrogen functional groups attached to an aromatic ring is 1. The molecule has 1 aliphatic carbocycles. The van der Waals surface area contributed by atoms with Crippen molar-refractivity contribution in [1.82, 2.24) is 29.7 Å². The van der Waals surface area contributed by atoms with Gasteiger partial charge in [0.15, 0.2) is 0 Å². The molecule has 3 N–H and O–H groups in total. The lowest BCUT2D eigenvalue weighted by atomic mass is 10.2. The van der Waals surface area contributed by atoms with Crippen LogP contribution in [0.3, 0.4) is 0 Å². The van der Waals surface area contributed by atoms with Crippen LogP contribution in [0.5, 0.6) is 6.01 Å². The van der Waals surface area contributed by atoms with Crippen molar-refractivity contribution in [3.05, 3.63) is 12.7 Å². The molecule has 0 spiro atoms. The van der Waals surface area contributed by atoms with Gasteiger partial charge in [0, 0.05) is 0 Å². The zero-order valence-electron chi connectivity index (χ0n) is 11.6. The van der Waals surface area contributed by atoms with Crippen molar-refractivity contribution in [3.8, 4) is 12.0 Å². The van der Waals surface area contributed by atoms with Gasteiger partial charge in [-0.15, -0.1) is 0 Å². The summed E-state index contributed by atoms with van der Waals surface area (Å²) in [6, 6.07) is 0.260. The number of rotatable bonds is 4. The summed E-state index contributed by atoms with van der Waals surface area (Å²) in [4.78, 5) is 16.4. The molecule has 21 heavy (non-hydrogen) atoms. The van der Waals surface area contributed by atoms with Gasteiger partial charge in [-0.25, -0.2) is 10.8 Å². The fraction of sp³-hybridized carbons (Fsp3) is 0.583. The molecule has 1 aliphatic rings. The lowest BCUT2D eigenvalue weighted by Gasteiger charge is -2.15. The maximum absolute atomic E-state index is 5.90. The third-order valence-corrected chi connectivity index (χ3v) is 3.43. The van der Waals surface area contributed by atoms with Crippen LogP contribution >= 0.6 is 0 Å². The zero-order chi connectivity index (χ0) is 14.5. The van der Waals surface area contributed by atoms with Crippen molar-refractivity contribution >= 4 is 5.95 Å². The largest absolute Gasteiger partial charge is 0.460 e. The Labute approximate surface area is 121 Å². The van der Waals surface area contributed by atoms with Gasteiger partial charge in [-0.2, -0.15) is 24.7 Å². The summed E-state index contributed by atoms with van der Waals surface area (Å²) in [6.45, 7) is 0. The van der Waals surface area contributed by atoms with Gasteiger partial charge < -0.3 is 4.74 Å². The first-order valence-corrected chi connectivity index (χ1v) is 7.09. The summed E-state index contributed by atoms with van der Waals surface area (Å²) in [6.07, 6.45) is 9.97. The van der Waals surface area contributed by atoms with Gasteiger partial charge in [0.2, 0.25) is 5.95 Å². The SMILES string of the molecule is NNc1nc(OC2CCCCCC2)nc(-n2cncn2)n1. The highest BCUT2D eigenvalue weighted by Crippen LogP contribution is 2.21. The van der Waals surface area contributed by atoms with Crippen molar-refractivity contribution in [1.29, 1.82) is 0 Å². The second-order valence-electron chi connectivity index (χ2n) is 4.96. The minimum absolute atomic E-state index is 0.143. The number of aromatic nitrogens is 6. The molecule has 1 fully saturated rings. The van der Waals surface area contributed by atoms with Crippen molar-refractivity contribution in [3.63, 3.8) is 0 Å². The third kappa shape index (κ3) is 3.43. The van der Waals surface area contributed by atoms with Gasteiger partial charge in [-0.05, 0) is 25.7 Å². The van der Waals surface area contributed by atoms with Crippen LogP contribution in [0.15, 0.2) is 12.7 Å². The molecule has 0 aliphatic heterocycles. The van der Waals surface area contributed by atoms with E-state index >= 15 is 0 Å². The average molecular weight is 290 g/mol. The predicted octanol–water partition coefficient (Wildman–Crippen LogP) is 0.839.